The molecule has 2 fully saturated rings. The summed E-state index contributed by atoms with van der Waals surface area (Å²) in [4.78, 5) is 23.8. The molecule has 1 saturated heterocycles. The minimum atomic E-state index is -0.360. The van der Waals surface area contributed by atoms with Gasteiger partial charge in [-0.3, -0.25) is 9.59 Å². The van der Waals surface area contributed by atoms with Crippen LogP contribution in [0.25, 0.3) is 0 Å². The Balaban J connectivity index is 1.89. The molecule has 3 nitrogen and oxygen atoms in total. The van der Waals surface area contributed by atoms with Crippen LogP contribution >= 0.6 is 0 Å². The fraction of sp³-hybridized carbons (Fsp3) is 0.714. The van der Waals surface area contributed by atoms with Gasteiger partial charge in [-0.2, -0.15) is 0 Å². The maximum atomic E-state index is 12.0. The molecule has 6 atom stereocenters. The number of allylic oxidation sites excluding steroid dienone is 3. The average Bonchev–Trinajstić information content (AvgIpc) is 2.97. The number of hydrogen-bond donors (Lipinski definition) is 0. The van der Waals surface area contributed by atoms with Crippen LogP contribution in [0.4, 0.5) is 0 Å². The first-order valence-corrected chi connectivity index (χ1v) is 9.38. The van der Waals surface area contributed by atoms with Crippen LogP contribution in [0.3, 0.4) is 0 Å². The van der Waals surface area contributed by atoms with Crippen LogP contribution in [0.2, 0.25) is 0 Å². The zero-order valence-electron chi connectivity index (χ0n) is 15.5. The van der Waals surface area contributed by atoms with Gasteiger partial charge < -0.3 is 4.74 Å². The second-order valence-electron chi connectivity index (χ2n) is 8.33. The van der Waals surface area contributed by atoms with Gasteiger partial charge >= 0.3 is 11.9 Å². The van der Waals surface area contributed by atoms with Crippen molar-refractivity contribution in [2.75, 3.05) is 0 Å². The first-order valence-electron chi connectivity index (χ1n) is 9.38. The molecule has 1 saturated carbocycles. The molecule has 0 spiro atoms. The monoisotopic (exact) mass is 332 g/mol. The van der Waals surface area contributed by atoms with E-state index in [-0.39, 0.29) is 35.6 Å². The molecule has 24 heavy (non-hydrogen) atoms. The molecule has 1 aliphatic heterocycles. The molecule has 3 heteroatoms. The molecule has 0 aromatic heterocycles. The number of fused-ring (bicyclic) bond motifs is 1. The Labute approximate surface area is 146 Å². The molecule has 0 bridgehead atoms. The summed E-state index contributed by atoms with van der Waals surface area (Å²) in [6, 6.07) is 0. The van der Waals surface area contributed by atoms with Crippen molar-refractivity contribution in [2.45, 2.75) is 53.4 Å². The Hall–Kier alpha value is -1.38. The lowest BCUT2D eigenvalue weighted by molar-refractivity contribution is -0.154. The predicted molar refractivity (Wildman–Crippen MR) is 96.0 cm³/mol. The van der Waals surface area contributed by atoms with Crippen molar-refractivity contribution in [3.05, 3.63) is 24.8 Å². The fourth-order valence-electron chi connectivity index (χ4n) is 4.63. The molecule has 2 rings (SSSR count). The number of rotatable bonds is 8. The molecule has 0 aromatic rings. The van der Waals surface area contributed by atoms with Gasteiger partial charge in [0.25, 0.3) is 0 Å². The smallest absolute Gasteiger partial charge is 0.318 e. The lowest BCUT2D eigenvalue weighted by atomic mass is 9.87. The molecule has 1 aliphatic carbocycles. The van der Waals surface area contributed by atoms with Crippen molar-refractivity contribution in [3.8, 4) is 0 Å². The molecule has 0 amide bonds. The minimum Gasteiger partial charge on any atom is -0.393 e. The summed E-state index contributed by atoms with van der Waals surface area (Å²) in [5, 5.41) is 0. The van der Waals surface area contributed by atoms with Crippen LogP contribution in [0.1, 0.15) is 53.4 Å². The molecule has 2 aliphatic rings. The van der Waals surface area contributed by atoms with Gasteiger partial charge in [0.2, 0.25) is 0 Å². The molecule has 1 heterocycles. The van der Waals surface area contributed by atoms with Crippen molar-refractivity contribution in [1.29, 1.82) is 0 Å². The van der Waals surface area contributed by atoms with Crippen molar-refractivity contribution in [1.82, 2.24) is 0 Å². The lowest BCUT2D eigenvalue weighted by Crippen LogP contribution is -2.19. The van der Waals surface area contributed by atoms with E-state index in [1.165, 1.54) is 12.8 Å². The van der Waals surface area contributed by atoms with Crippen LogP contribution in [-0.4, -0.2) is 11.9 Å². The van der Waals surface area contributed by atoms with E-state index in [2.05, 4.69) is 46.4 Å². The maximum absolute atomic E-state index is 12.0. The van der Waals surface area contributed by atoms with Gasteiger partial charge in [0, 0.05) is 0 Å². The van der Waals surface area contributed by atoms with E-state index in [1.807, 2.05) is 6.08 Å². The zero-order chi connectivity index (χ0) is 17.9. The summed E-state index contributed by atoms with van der Waals surface area (Å²) in [5.74, 6) is 0.991. The Morgan fingerprint density at radius 1 is 1.04 bits per heavy atom. The first-order chi connectivity index (χ1) is 11.3. The second-order valence-corrected chi connectivity index (χ2v) is 8.33. The zero-order valence-corrected chi connectivity index (χ0v) is 15.5. The van der Waals surface area contributed by atoms with E-state index in [9.17, 15) is 9.59 Å². The van der Waals surface area contributed by atoms with Crippen LogP contribution < -0.4 is 0 Å². The number of carbonyl (C=O) groups is 2. The molecule has 134 valence electrons. The van der Waals surface area contributed by atoms with E-state index < -0.39 is 0 Å². The SMILES string of the molecule is C=CC1CC(/C=C\CC(C)CC(C)CC(C)C)C2C(=O)OC(=O)C12. The molecule has 0 aromatic carbocycles. The van der Waals surface area contributed by atoms with Gasteiger partial charge in [-0.25, -0.2) is 0 Å². The largest absolute Gasteiger partial charge is 0.393 e. The summed E-state index contributed by atoms with van der Waals surface area (Å²) < 4.78 is 4.85. The second kappa shape index (κ2) is 8.13. The summed E-state index contributed by atoms with van der Waals surface area (Å²) >= 11 is 0. The number of esters is 2. The summed E-state index contributed by atoms with van der Waals surface area (Å²) in [6.45, 7) is 13.0. The Morgan fingerprint density at radius 3 is 2.25 bits per heavy atom. The topological polar surface area (TPSA) is 43.4 Å². The highest BCUT2D eigenvalue weighted by Crippen LogP contribution is 2.47. The molecule has 6 unspecified atom stereocenters. The van der Waals surface area contributed by atoms with Crippen molar-refractivity contribution in [3.63, 3.8) is 0 Å². The predicted octanol–water partition coefficient (Wildman–Crippen LogP) is 4.78. The lowest BCUT2D eigenvalue weighted by Gasteiger charge is -2.18. The third-order valence-corrected chi connectivity index (χ3v) is 5.50. The third-order valence-electron chi connectivity index (χ3n) is 5.50. The maximum Gasteiger partial charge on any atom is 0.318 e. The Kier molecular flexibility index (Phi) is 6.42. The normalized spacial score (nSPS) is 32.2. The number of ether oxygens (including phenoxy) is 1. The van der Waals surface area contributed by atoms with Crippen molar-refractivity contribution < 1.29 is 14.3 Å². The van der Waals surface area contributed by atoms with E-state index in [0.29, 0.717) is 5.92 Å². The number of hydrogen-bond acceptors (Lipinski definition) is 3. The van der Waals surface area contributed by atoms with Gasteiger partial charge in [-0.05, 0) is 55.3 Å². The fourth-order valence-corrected chi connectivity index (χ4v) is 4.63. The van der Waals surface area contributed by atoms with Gasteiger partial charge in [0.1, 0.15) is 0 Å². The Bertz CT molecular complexity index is 505. The van der Waals surface area contributed by atoms with Gasteiger partial charge in [0.15, 0.2) is 0 Å². The Morgan fingerprint density at radius 2 is 1.67 bits per heavy atom. The standard InChI is InChI=1S/C21H32O3/c1-6-16-12-17(19-18(16)20(22)24-21(19)23)9-7-8-14(4)11-15(5)10-13(2)3/h6-7,9,13-19H,1,8,10-12H2,2-5H3/b9-7-. The van der Waals surface area contributed by atoms with Gasteiger partial charge in [-0.1, -0.05) is 45.9 Å². The number of carbonyl (C=O) groups excluding carboxylic acids is 2. The highest BCUT2D eigenvalue weighted by molar-refractivity contribution is 5.97. The molecule has 0 radical (unpaired) electrons. The number of cyclic esters (lactones) is 2. The van der Waals surface area contributed by atoms with Gasteiger partial charge in [-0.15, -0.1) is 6.58 Å². The third kappa shape index (κ3) is 4.37. The molecular formula is C21H32O3. The highest BCUT2D eigenvalue weighted by atomic mass is 16.6. The van der Waals surface area contributed by atoms with E-state index in [1.54, 1.807) is 0 Å². The van der Waals surface area contributed by atoms with Crippen molar-refractivity contribution >= 4 is 11.9 Å². The van der Waals surface area contributed by atoms with Crippen molar-refractivity contribution in [2.24, 2.45) is 41.4 Å². The molecular weight excluding hydrogens is 300 g/mol. The van der Waals surface area contributed by atoms with Crippen LogP contribution in [0.15, 0.2) is 24.8 Å². The first kappa shape index (κ1) is 19.0. The van der Waals surface area contributed by atoms with Crippen LogP contribution in [0.5, 0.6) is 0 Å². The van der Waals surface area contributed by atoms with E-state index in [0.717, 1.165) is 24.7 Å². The molecule has 0 N–H and O–H groups in total. The summed E-state index contributed by atoms with van der Waals surface area (Å²) in [7, 11) is 0. The summed E-state index contributed by atoms with van der Waals surface area (Å²) in [5.41, 5.74) is 0. The van der Waals surface area contributed by atoms with Crippen LogP contribution in [0, 0.1) is 41.4 Å². The minimum absolute atomic E-state index is 0.0621. The van der Waals surface area contributed by atoms with Crippen LogP contribution in [-0.2, 0) is 14.3 Å². The highest BCUT2D eigenvalue weighted by Gasteiger charge is 2.55. The summed E-state index contributed by atoms with van der Waals surface area (Å²) in [6.07, 6.45) is 10.5. The van der Waals surface area contributed by atoms with Gasteiger partial charge in [0.05, 0.1) is 11.8 Å². The van der Waals surface area contributed by atoms with E-state index >= 15 is 0 Å². The average molecular weight is 332 g/mol. The quantitative estimate of drug-likeness (QED) is 0.365. The van der Waals surface area contributed by atoms with E-state index in [4.69, 9.17) is 4.74 Å².